The number of benzene rings is 2. The van der Waals surface area contributed by atoms with Gasteiger partial charge < -0.3 is 19.5 Å². The summed E-state index contributed by atoms with van der Waals surface area (Å²) in [6.45, 7) is 0. The number of amides is 1. The lowest BCUT2D eigenvalue weighted by Crippen LogP contribution is -2.13. The van der Waals surface area contributed by atoms with Crippen molar-refractivity contribution in [3.05, 3.63) is 53.6 Å². The number of carbonyl (C=O) groups excluding carboxylic acids is 1. The van der Waals surface area contributed by atoms with Gasteiger partial charge in [-0.15, -0.1) is 0 Å². The van der Waals surface area contributed by atoms with Gasteiger partial charge in [0.05, 0.1) is 26.9 Å². The molecule has 0 radical (unpaired) electrons. The third kappa shape index (κ3) is 4.30. The molecule has 6 nitrogen and oxygen atoms in total. The summed E-state index contributed by atoms with van der Waals surface area (Å²) in [7, 11) is 4.55. The van der Waals surface area contributed by atoms with E-state index in [1.807, 2.05) is 6.07 Å². The third-order valence-electron chi connectivity index (χ3n) is 3.45. The summed E-state index contributed by atoms with van der Waals surface area (Å²) in [5.41, 5.74) is 0.966. The van der Waals surface area contributed by atoms with Crippen molar-refractivity contribution in [1.29, 1.82) is 5.26 Å². The van der Waals surface area contributed by atoms with Crippen LogP contribution in [0.5, 0.6) is 17.2 Å². The highest BCUT2D eigenvalue weighted by Crippen LogP contribution is 2.30. The number of anilines is 1. The number of nitrogens with zero attached hydrogens (tertiary/aromatic N) is 1. The van der Waals surface area contributed by atoms with Gasteiger partial charge in [0, 0.05) is 11.8 Å². The van der Waals surface area contributed by atoms with Crippen molar-refractivity contribution < 1.29 is 19.0 Å². The number of nitriles is 1. The fraction of sp³-hybridized carbons (Fsp3) is 0.158. The molecule has 0 aliphatic rings. The lowest BCUT2D eigenvalue weighted by Gasteiger charge is -2.11. The lowest BCUT2D eigenvalue weighted by atomic mass is 10.1. The maximum Gasteiger partial charge on any atom is 0.266 e. The maximum atomic E-state index is 12.4. The number of carbonyl (C=O) groups is 1. The molecular weight excluding hydrogens is 320 g/mol. The molecule has 6 heteroatoms. The van der Waals surface area contributed by atoms with E-state index in [0.717, 1.165) is 0 Å². The predicted molar refractivity (Wildman–Crippen MR) is 94.8 cm³/mol. The Balaban J connectivity index is 2.34. The van der Waals surface area contributed by atoms with Crippen LogP contribution in [0, 0.1) is 11.3 Å². The second kappa shape index (κ2) is 8.41. The fourth-order valence-electron chi connectivity index (χ4n) is 2.21. The summed E-state index contributed by atoms with van der Waals surface area (Å²) in [6.07, 6.45) is 1.44. The van der Waals surface area contributed by atoms with Crippen molar-refractivity contribution in [2.75, 3.05) is 26.6 Å². The van der Waals surface area contributed by atoms with Crippen LogP contribution in [0.1, 0.15) is 5.56 Å². The van der Waals surface area contributed by atoms with E-state index in [9.17, 15) is 10.1 Å². The zero-order valence-corrected chi connectivity index (χ0v) is 14.2. The first-order valence-electron chi connectivity index (χ1n) is 7.41. The van der Waals surface area contributed by atoms with E-state index < -0.39 is 5.91 Å². The van der Waals surface area contributed by atoms with Crippen LogP contribution in [-0.4, -0.2) is 27.2 Å². The average Bonchev–Trinajstić information content (AvgIpc) is 2.65. The van der Waals surface area contributed by atoms with E-state index in [1.165, 1.54) is 27.4 Å². The third-order valence-corrected chi connectivity index (χ3v) is 3.45. The highest BCUT2D eigenvalue weighted by atomic mass is 16.5. The Kier molecular flexibility index (Phi) is 6.02. The smallest absolute Gasteiger partial charge is 0.266 e. The second-order valence-corrected chi connectivity index (χ2v) is 4.93. The predicted octanol–water partition coefficient (Wildman–Crippen LogP) is 3.26. The van der Waals surface area contributed by atoms with E-state index >= 15 is 0 Å². The first kappa shape index (κ1) is 17.9. The zero-order valence-electron chi connectivity index (χ0n) is 14.2. The molecule has 25 heavy (non-hydrogen) atoms. The van der Waals surface area contributed by atoms with Crippen LogP contribution in [0.3, 0.4) is 0 Å². The van der Waals surface area contributed by atoms with E-state index in [4.69, 9.17) is 14.2 Å². The Bertz CT molecular complexity index is 815. The van der Waals surface area contributed by atoms with Gasteiger partial charge in [-0.05, 0) is 30.3 Å². The van der Waals surface area contributed by atoms with Gasteiger partial charge in [-0.1, -0.05) is 12.1 Å². The number of methoxy groups -OCH3 is 3. The molecule has 0 aliphatic carbocycles. The van der Waals surface area contributed by atoms with E-state index in [-0.39, 0.29) is 5.57 Å². The largest absolute Gasteiger partial charge is 0.497 e. The van der Waals surface area contributed by atoms with Crippen LogP contribution >= 0.6 is 0 Å². The molecule has 0 atom stereocenters. The molecule has 0 fully saturated rings. The minimum Gasteiger partial charge on any atom is -0.497 e. The number of hydrogen-bond acceptors (Lipinski definition) is 5. The number of nitrogens with one attached hydrogen (secondary N) is 1. The SMILES string of the molecule is COc1cccc(NC(=O)/C(C#N)=C/c2c(OC)cccc2OC)c1. The number of hydrogen-bond donors (Lipinski definition) is 1. The van der Waals surface area contributed by atoms with Gasteiger partial charge in [0.25, 0.3) is 5.91 Å². The van der Waals surface area contributed by atoms with Gasteiger partial charge >= 0.3 is 0 Å². The van der Waals surface area contributed by atoms with E-state index in [1.54, 1.807) is 42.5 Å². The quantitative estimate of drug-likeness (QED) is 0.646. The Morgan fingerprint density at radius 3 is 2.24 bits per heavy atom. The molecule has 0 saturated heterocycles. The topological polar surface area (TPSA) is 80.6 Å². The van der Waals surface area contributed by atoms with Gasteiger partial charge in [-0.2, -0.15) is 5.26 Å². The van der Waals surface area contributed by atoms with Crippen LogP contribution in [0.2, 0.25) is 0 Å². The lowest BCUT2D eigenvalue weighted by molar-refractivity contribution is -0.112. The minimum absolute atomic E-state index is 0.0781. The summed E-state index contributed by atoms with van der Waals surface area (Å²) in [6, 6.07) is 14.0. The van der Waals surface area contributed by atoms with Crippen LogP contribution in [0.4, 0.5) is 5.69 Å². The van der Waals surface area contributed by atoms with Crippen LogP contribution in [0.25, 0.3) is 6.08 Å². The molecule has 0 heterocycles. The van der Waals surface area contributed by atoms with E-state index in [2.05, 4.69) is 5.32 Å². The molecule has 2 aromatic rings. The summed E-state index contributed by atoms with van der Waals surface area (Å²) in [5.74, 6) is 1.07. The first-order valence-corrected chi connectivity index (χ1v) is 7.41. The summed E-state index contributed by atoms with van der Waals surface area (Å²) in [5, 5.41) is 12.0. The summed E-state index contributed by atoms with van der Waals surface area (Å²) >= 11 is 0. The Labute approximate surface area is 146 Å². The molecular formula is C19H18N2O4. The first-order chi connectivity index (χ1) is 12.1. The van der Waals surface area contributed by atoms with Crippen molar-refractivity contribution in [3.8, 4) is 23.3 Å². The maximum absolute atomic E-state index is 12.4. The van der Waals surface area contributed by atoms with Crippen LogP contribution in [-0.2, 0) is 4.79 Å². The molecule has 0 unspecified atom stereocenters. The average molecular weight is 338 g/mol. The van der Waals surface area contributed by atoms with Crippen molar-refractivity contribution in [2.24, 2.45) is 0 Å². The fourth-order valence-corrected chi connectivity index (χ4v) is 2.21. The Morgan fingerprint density at radius 1 is 1.04 bits per heavy atom. The monoisotopic (exact) mass is 338 g/mol. The highest BCUT2D eigenvalue weighted by Gasteiger charge is 2.14. The zero-order chi connectivity index (χ0) is 18.2. The Morgan fingerprint density at radius 2 is 1.68 bits per heavy atom. The standard InChI is InChI=1S/C19H18N2O4/c1-23-15-7-4-6-14(11-15)21-19(22)13(12-20)10-16-17(24-2)8-5-9-18(16)25-3/h4-11H,1-3H3,(H,21,22)/b13-10+. The van der Waals surface area contributed by atoms with Crippen molar-refractivity contribution in [1.82, 2.24) is 0 Å². The van der Waals surface area contributed by atoms with Gasteiger partial charge in [0.2, 0.25) is 0 Å². The summed E-state index contributed by atoms with van der Waals surface area (Å²) < 4.78 is 15.7. The molecule has 0 aromatic heterocycles. The van der Waals surface area contributed by atoms with Gasteiger partial charge in [0.15, 0.2) is 0 Å². The van der Waals surface area contributed by atoms with Crippen LogP contribution in [0.15, 0.2) is 48.0 Å². The molecule has 0 saturated carbocycles. The summed E-state index contributed by atoms with van der Waals surface area (Å²) in [4.78, 5) is 12.4. The van der Waals surface area contributed by atoms with E-state index in [0.29, 0.717) is 28.5 Å². The minimum atomic E-state index is -0.538. The van der Waals surface area contributed by atoms with Crippen LogP contribution < -0.4 is 19.5 Å². The normalized spacial score (nSPS) is 10.6. The molecule has 0 bridgehead atoms. The Hall–Kier alpha value is -3.46. The molecule has 2 rings (SSSR count). The van der Waals surface area contributed by atoms with Crippen molar-refractivity contribution >= 4 is 17.7 Å². The van der Waals surface area contributed by atoms with Crippen molar-refractivity contribution in [2.45, 2.75) is 0 Å². The van der Waals surface area contributed by atoms with Crippen molar-refractivity contribution in [3.63, 3.8) is 0 Å². The van der Waals surface area contributed by atoms with Gasteiger partial charge in [0.1, 0.15) is 28.9 Å². The molecule has 2 aromatic carbocycles. The van der Waals surface area contributed by atoms with Gasteiger partial charge in [-0.25, -0.2) is 0 Å². The second-order valence-electron chi connectivity index (χ2n) is 4.93. The highest BCUT2D eigenvalue weighted by molar-refractivity contribution is 6.10. The molecule has 0 spiro atoms. The molecule has 1 N–H and O–H groups in total. The number of ether oxygens (including phenoxy) is 3. The molecule has 128 valence electrons. The molecule has 1 amide bonds. The number of rotatable bonds is 6. The van der Waals surface area contributed by atoms with Gasteiger partial charge in [-0.3, -0.25) is 4.79 Å². The molecule has 0 aliphatic heterocycles.